The predicted molar refractivity (Wildman–Crippen MR) is 81.8 cm³/mol. The summed E-state index contributed by atoms with van der Waals surface area (Å²) in [4.78, 5) is 4.30. The zero-order chi connectivity index (χ0) is 14.8. The van der Waals surface area contributed by atoms with Gasteiger partial charge in [-0.2, -0.15) is 0 Å². The van der Waals surface area contributed by atoms with E-state index < -0.39 is 11.9 Å². The van der Waals surface area contributed by atoms with Crippen LogP contribution in [0.25, 0.3) is 10.9 Å². The molecule has 2 nitrogen and oxygen atoms in total. The Morgan fingerprint density at radius 1 is 1.14 bits per heavy atom. The minimum absolute atomic E-state index is 0.0661. The second-order valence-corrected chi connectivity index (χ2v) is 5.30. The molecule has 0 aliphatic carbocycles. The summed E-state index contributed by atoms with van der Waals surface area (Å²) < 4.78 is 13.9. The van der Waals surface area contributed by atoms with Crippen LogP contribution in [0.2, 0.25) is 5.02 Å². The van der Waals surface area contributed by atoms with Gasteiger partial charge in [0.15, 0.2) is 0 Å². The van der Waals surface area contributed by atoms with Gasteiger partial charge in [-0.15, -0.1) is 0 Å². The van der Waals surface area contributed by atoms with Crippen molar-refractivity contribution < 1.29 is 9.50 Å². The molecule has 0 saturated carbocycles. The summed E-state index contributed by atoms with van der Waals surface area (Å²) in [7, 11) is 0. The zero-order valence-electron chi connectivity index (χ0n) is 11.1. The highest BCUT2D eigenvalue weighted by molar-refractivity contribution is 6.30. The lowest BCUT2D eigenvalue weighted by Gasteiger charge is -2.12. The summed E-state index contributed by atoms with van der Waals surface area (Å²) in [5.41, 5.74) is 1.92. The summed E-state index contributed by atoms with van der Waals surface area (Å²) >= 11 is 5.75. The minimum atomic E-state index is -0.824. The van der Waals surface area contributed by atoms with Gasteiger partial charge in [0.05, 0.1) is 16.6 Å². The molecule has 0 saturated heterocycles. The molecule has 0 fully saturated rings. The van der Waals surface area contributed by atoms with Crippen LogP contribution in [0.1, 0.15) is 17.2 Å². The molecule has 2 aromatic carbocycles. The van der Waals surface area contributed by atoms with E-state index in [1.165, 1.54) is 6.07 Å². The first kappa shape index (κ1) is 14.0. The van der Waals surface area contributed by atoms with Crippen LogP contribution in [-0.2, 0) is 6.42 Å². The largest absolute Gasteiger partial charge is 0.388 e. The topological polar surface area (TPSA) is 33.1 Å². The van der Waals surface area contributed by atoms with Crippen molar-refractivity contribution in [1.29, 1.82) is 0 Å². The molecule has 1 N–H and O–H groups in total. The number of aromatic nitrogens is 1. The van der Waals surface area contributed by atoms with Crippen molar-refractivity contribution in [2.45, 2.75) is 12.5 Å². The first-order chi connectivity index (χ1) is 10.1. The standard InChI is InChI=1S/C17H13ClFNO/c18-14-6-3-5-12(17(14)19)9-16(21)13-8-11-4-1-2-7-15(11)20-10-13/h1-8,10,16,21H,9H2. The predicted octanol–water partition coefficient (Wildman–Crippen LogP) is 4.30. The van der Waals surface area contributed by atoms with Gasteiger partial charge in [-0.25, -0.2) is 4.39 Å². The van der Waals surface area contributed by atoms with E-state index in [0.717, 1.165) is 10.9 Å². The minimum Gasteiger partial charge on any atom is -0.388 e. The number of hydrogen-bond acceptors (Lipinski definition) is 2. The third-order valence-corrected chi connectivity index (χ3v) is 3.73. The maximum atomic E-state index is 13.9. The number of hydrogen-bond donors (Lipinski definition) is 1. The van der Waals surface area contributed by atoms with Gasteiger partial charge < -0.3 is 5.11 Å². The zero-order valence-corrected chi connectivity index (χ0v) is 11.9. The lowest BCUT2D eigenvalue weighted by atomic mass is 10.0. The number of pyridine rings is 1. The fourth-order valence-corrected chi connectivity index (χ4v) is 2.50. The molecule has 0 spiro atoms. The maximum absolute atomic E-state index is 13.9. The van der Waals surface area contributed by atoms with E-state index in [2.05, 4.69) is 4.98 Å². The number of benzene rings is 2. The van der Waals surface area contributed by atoms with Crippen molar-refractivity contribution in [3.8, 4) is 0 Å². The van der Waals surface area contributed by atoms with Crippen molar-refractivity contribution in [1.82, 2.24) is 4.98 Å². The van der Waals surface area contributed by atoms with Crippen molar-refractivity contribution in [2.24, 2.45) is 0 Å². The van der Waals surface area contributed by atoms with Gasteiger partial charge in [-0.05, 0) is 29.3 Å². The Labute approximate surface area is 126 Å². The molecule has 1 atom stereocenters. The number of para-hydroxylation sites is 1. The number of rotatable bonds is 3. The molecular weight excluding hydrogens is 289 g/mol. The second-order valence-electron chi connectivity index (χ2n) is 4.89. The molecular formula is C17H13ClFNO. The summed E-state index contributed by atoms with van der Waals surface area (Å²) in [6.45, 7) is 0. The SMILES string of the molecule is OC(Cc1cccc(Cl)c1F)c1cnc2ccccc2c1. The third kappa shape index (κ3) is 2.89. The molecule has 3 aromatic rings. The smallest absolute Gasteiger partial charge is 0.145 e. The Bertz CT molecular complexity index is 791. The average molecular weight is 302 g/mol. The van der Waals surface area contributed by atoms with Crippen LogP contribution in [0.4, 0.5) is 4.39 Å². The number of halogens is 2. The summed E-state index contributed by atoms with van der Waals surface area (Å²) in [6, 6.07) is 14.3. The first-order valence-corrected chi connectivity index (χ1v) is 6.98. The van der Waals surface area contributed by atoms with E-state index in [9.17, 15) is 9.50 Å². The highest BCUT2D eigenvalue weighted by Gasteiger charge is 2.14. The van der Waals surface area contributed by atoms with Crippen LogP contribution in [0.3, 0.4) is 0 Å². The normalized spacial score (nSPS) is 12.5. The lowest BCUT2D eigenvalue weighted by molar-refractivity contribution is 0.177. The van der Waals surface area contributed by atoms with Crippen molar-refractivity contribution in [3.63, 3.8) is 0 Å². The molecule has 1 aromatic heterocycles. The Morgan fingerprint density at radius 3 is 2.81 bits per heavy atom. The summed E-state index contributed by atoms with van der Waals surface area (Å²) in [5.74, 6) is -0.480. The van der Waals surface area contributed by atoms with Crippen LogP contribution < -0.4 is 0 Å². The number of fused-ring (bicyclic) bond motifs is 1. The molecule has 106 valence electrons. The van der Waals surface area contributed by atoms with Crippen molar-refractivity contribution in [3.05, 3.63) is 76.7 Å². The van der Waals surface area contributed by atoms with Crippen LogP contribution in [-0.4, -0.2) is 10.1 Å². The fourth-order valence-electron chi connectivity index (χ4n) is 2.30. The van der Waals surface area contributed by atoms with Crippen LogP contribution in [0.15, 0.2) is 54.7 Å². The molecule has 1 heterocycles. The van der Waals surface area contributed by atoms with Gasteiger partial charge in [0.25, 0.3) is 0 Å². The molecule has 1 unspecified atom stereocenters. The van der Waals surface area contributed by atoms with Gasteiger partial charge in [0.1, 0.15) is 5.82 Å². The first-order valence-electron chi connectivity index (χ1n) is 6.61. The second kappa shape index (κ2) is 5.80. The fraction of sp³-hybridized carbons (Fsp3) is 0.118. The third-order valence-electron chi connectivity index (χ3n) is 3.44. The van der Waals surface area contributed by atoms with Gasteiger partial charge in [-0.1, -0.05) is 41.9 Å². The highest BCUT2D eigenvalue weighted by Crippen LogP contribution is 2.25. The molecule has 3 rings (SSSR count). The average Bonchev–Trinajstić information content (AvgIpc) is 2.51. The maximum Gasteiger partial charge on any atom is 0.145 e. The van der Waals surface area contributed by atoms with Crippen LogP contribution in [0, 0.1) is 5.82 Å². The summed E-state index contributed by atoms with van der Waals surface area (Å²) in [5, 5.41) is 11.3. The van der Waals surface area contributed by atoms with E-state index in [0.29, 0.717) is 11.1 Å². The van der Waals surface area contributed by atoms with Gasteiger partial charge in [-0.3, -0.25) is 4.98 Å². The quantitative estimate of drug-likeness (QED) is 0.782. The van der Waals surface area contributed by atoms with Gasteiger partial charge in [0.2, 0.25) is 0 Å². The van der Waals surface area contributed by atoms with Gasteiger partial charge in [0, 0.05) is 18.0 Å². The van der Waals surface area contributed by atoms with Crippen molar-refractivity contribution in [2.75, 3.05) is 0 Å². The van der Waals surface area contributed by atoms with Crippen LogP contribution >= 0.6 is 11.6 Å². The Kier molecular flexibility index (Phi) is 3.86. The van der Waals surface area contributed by atoms with E-state index >= 15 is 0 Å². The summed E-state index contributed by atoms with van der Waals surface area (Å²) in [6.07, 6.45) is 0.956. The lowest BCUT2D eigenvalue weighted by Crippen LogP contribution is -2.04. The molecule has 0 amide bonds. The molecule has 0 aliphatic heterocycles. The molecule has 21 heavy (non-hydrogen) atoms. The Balaban J connectivity index is 1.89. The number of nitrogens with zero attached hydrogens (tertiary/aromatic N) is 1. The number of aliphatic hydroxyl groups is 1. The Morgan fingerprint density at radius 2 is 1.95 bits per heavy atom. The van der Waals surface area contributed by atoms with E-state index in [1.54, 1.807) is 18.3 Å². The van der Waals surface area contributed by atoms with E-state index in [-0.39, 0.29) is 11.4 Å². The number of aliphatic hydroxyl groups excluding tert-OH is 1. The van der Waals surface area contributed by atoms with Crippen molar-refractivity contribution >= 4 is 22.5 Å². The van der Waals surface area contributed by atoms with Gasteiger partial charge >= 0.3 is 0 Å². The van der Waals surface area contributed by atoms with E-state index in [4.69, 9.17) is 11.6 Å². The molecule has 4 heteroatoms. The molecule has 0 aliphatic rings. The molecule has 0 bridgehead atoms. The Hall–Kier alpha value is -1.97. The molecule has 0 radical (unpaired) electrons. The van der Waals surface area contributed by atoms with Crippen LogP contribution in [0.5, 0.6) is 0 Å². The highest BCUT2D eigenvalue weighted by atomic mass is 35.5. The van der Waals surface area contributed by atoms with E-state index in [1.807, 2.05) is 30.3 Å². The monoisotopic (exact) mass is 301 g/mol.